The smallest absolute Gasteiger partial charge is 0.0241 e. The Morgan fingerprint density at radius 3 is 1.71 bits per heavy atom. The van der Waals surface area contributed by atoms with Gasteiger partial charge in [-0.1, -0.05) is 0 Å². The number of hydrogen-bond donors (Lipinski definition) is 1. The Hall–Kier alpha value is 1.19. The van der Waals surface area contributed by atoms with E-state index in [2.05, 4.69) is 0 Å². The second kappa shape index (κ2) is 15.7. The molecule has 0 aromatic heterocycles. The zero-order chi connectivity index (χ0) is 6.12. The summed E-state index contributed by atoms with van der Waals surface area (Å²) in [5, 5.41) is 7.69. The van der Waals surface area contributed by atoms with Crippen LogP contribution in [0.4, 0.5) is 0 Å². The molecule has 0 aromatic carbocycles. The summed E-state index contributed by atoms with van der Waals surface area (Å²) in [5.41, 5.74) is 6.20. The number of aliphatic hydroxyl groups is 1. The normalized spacial score (nSPS) is 7.43. The minimum atomic E-state index is -0.472. The number of rotatable bonds is 1. The minimum Gasteiger partial charge on any atom is -0.676 e. The summed E-state index contributed by atoms with van der Waals surface area (Å²) in [5.74, 6) is 0. The molecule has 7 heavy (non-hydrogen) atoms. The second-order valence-corrected chi connectivity index (χ2v) is 3.80. The van der Waals surface area contributed by atoms with Crippen LogP contribution in [0.2, 0.25) is 0 Å². The number of halogens is 2. The standard InChI is InChI=1S/C2H6NO.2ClH.Pt/c3-1-2-4;;;/h3-4H,1-2H2;2*1H;/q-1;;;+4/p-2. The van der Waals surface area contributed by atoms with Crippen LogP contribution < -0.4 is 0 Å². The maximum atomic E-state index is 7.69. The van der Waals surface area contributed by atoms with E-state index in [-0.39, 0.29) is 13.2 Å². The van der Waals surface area contributed by atoms with Gasteiger partial charge in [0, 0.05) is 6.61 Å². The Balaban J connectivity index is 0. The van der Waals surface area contributed by atoms with E-state index in [1.165, 1.54) is 0 Å². The third-order valence-corrected chi connectivity index (χ3v) is 0.112. The summed E-state index contributed by atoms with van der Waals surface area (Å²) in [6.07, 6.45) is 0. The van der Waals surface area contributed by atoms with E-state index in [0.29, 0.717) is 0 Å². The van der Waals surface area contributed by atoms with Crippen LogP contribution in [-0.2, 0) is 16.5 Å². The van der Waals surface area contributed by atoms with E-state index >= 15 is 0 Å². The quantitative estimate of drug-likeness (QED) is 0.778. The van der Waals surface area contributed by atoms with Crippen LogP contribution in [0.1, 0.15) is 0 Å². The van der Waals surface area contributed by atoms with E-state index in [9.17, 15) is 0 Å². The molecule has 0 radical (unpaired) electrons. The molecule has 0 saturated carbocycles. The third kappa shape index (κ3) is 40.4. The SMILES string of the molecule is [Cl][Pt+2][Cl].[NH-]CCO. The van der Waals surface area contributed by atoms with Gasteiger partial charge in [0.25, 0.3) is 0 Å². The largest absolute Gasteiger partial charge is 0.676 e. The Morgan fingerprint density at radius 1 is 1.57 bits per heavy atom. The Morgan fingerprint density at radius 2 is 1.71 bits per heavy atom. The van der Waals surface area contributed by atoms with Gasteiger partial charge in [-0.05, 0) is 0 Å². The molecule has 0 bridgehead atoms. The molecule has 0 atom stereocenters. The third-order valence-electron chi connectivity index (χ3n) is 0.112. The van der Waals surface area contributed by atoms with Crippen LogP contribution in [0.25, 0.3) is 5.73 Å². The van der Waals surface area contributed by atoms with Gasteiger partial charge >= 0.3 is 35.3 Å². The molecule has 0 saturated heterocycles. The summed E-state index contributed by atoms with van der Waals surface area (Å²) >= 11 is -0.472. The van der Waals surface area contributed by atoms with Crippen LogP contribution in [0, 0.1) is 0 Å². The first-order valence-electron chi connectivity index (χ1n) is 1.41. The van der Waals surface area contributed by atoms with E-state index < -0.39 is 16.5 Å². The maximum absolute atomic E-state index is 7.69. The predicted octanol–water partition coefficient (Wildman–Crippen LogP) is 1.41. The summed E-state index contributed by atoms with van der Waals surface area (Å²) in [7, 11) is 9.75. The van der Waals surface area contributed by atoms with Gasteiger partial charge in [-0.3, -0.25) is 0 Å². The van der Waals surface area contributed by atoms with Gasteiger partial charge in [0.15, 0.2) is 0 Å². The zero-order valence-electron chi connectivity index (χ0n) is 3.43. The topological polar surface area (TPSA) is 44.0 Å². The molecule has 0 spiro atoms. The maximum Gasteiger partial charge on any atom is 0.0241 e. The van der Waals surface area contributed by atoms with Gasteiger partial charge in [-0.15, -0.1) is 6.54 Å². The molecule has 0 aliphatic carbocycles. The van der Waals surface area contributed by atoms with Crippen molar-refractivity contribution < 1.29 is 21.6 Å². The number of hydrogen-bond acceptors (Lipinski definition) is 1. The molecule has 0 aliphatic rings. The zero-order valence-corrected chi connectivity index (χ0v) is 7.22. The van der Waals surface area contributed by atoms with Crippen LogP contribution in [0.15, 0.2) is 0 Å². The van der Waals surface area contributed by atoms with Gasteiger partial charge in [0.2, 0.25) is 0 Å². The molecule has 0 fully saturated rings. The monoisotopic (exact) mass is 325 g/mol. The Bertz CT molecular complexity index is 23.2. The van der Waals surface area contributed by atoms with Crippen molar-refractivity contribution >= 4 is 18.8 Å². The van der Waals surface area contributed by atoms with Crippen LogP contribution in [0.5, 0.6) is 0 Å². The van der Waals surface area contributed by atoms with Gasteiger partial charge in [0.1, 0.15) is 0 Å². The van der Waals surface area contributed by atoms with Crippen LogP contribution >= 0.6 is 18.8 Å². The molecule has 2 N–H and O–H groups in total. The summed E-state index contributed by atoms with van der Waals surface area (Å²) in [6.45, 7) is 0.111. The molecule has 0 unspecified atom stereocenters. The molecule has 0 aliphatic heterocycles. The van der Waals surface area contributed by atoms with E-state index in [1.54, 1.807) is 0 Å². The molecule has 0 rings (SSSR count). The van der Waals surface area contributed by atoms with E-state index in [1.807, 2.05) is 0 Å². The van der Waals surface area contributed by atoms with Crippen molar-refractivity contribution in [2.45, 2.75) is 0 Å². The molecule has 0 heterocycles. The molecule has 2 nitrogen and oxygen atoms in total. The first-order chi connectivity index (χ1) is 3.33. The average molecular weight is 326 g/mol. The Kier molecular flexibility index (Phi) is 24.8. The molecule has 0 aromatic rings. The van der Waals surface area contributed by atoms with E-state index in [4.69, 9.17) is 29.7 Å². The average Bonchev–Trinajstić information content (AvgIpc) is 1.69. The molecular formula is C2H6Cl2NOPt+. The van der Waals surface area contributed by atoms with Crippen molar-refractivity contribution in [2.24, 2.45) is 0 Å². The predicted molar refractivity (Wildman–Crippen MR) is 28.0 cm³/mol. The first kappa shape index (κ1) is 11.0. The molecule has 5 heteroatoms. The summed E-state index contributed by atoms with van der Waals surface area (Å²) in [6, 6.07) is 0. The van der Waals surface area contributed by atoms with Gasteiger partial charge in [-0.2, -0.15) is 0 Å². The van der Waals surface area contributed by atoms with Crippen molar-refractivity contribution in [3.8, 4) is 0 Å². The fraction of sp³-hybridized carbons (Fsp3) is 1.00. The molecule has 0 amide bonds. The van der Waals surface area contributed by atoms with Crippen molar-refractivity contribution in [1.82, 2.24) is 0 Å². The fourth-order valence-electron chi connectivity index (χ4n) is 0. The summed E-state index contributed by atoms with van der Waals surface area (Å²) in [4.78, 5) is 0. The molecular weight excluding hydrogens is 320 g/mol. The second-order valence-electron chi connectivity index (χ2n) is 0.519. The van der Waals surface area contributed by atoms with Gasteiger partial charge < -0.3 is 10.8 Å². The number of nitrogens with one attached hydrogen (secondary N) is 1. The number of aliphatic hydroxyl groups excluding tert-OH is 1. The minimum absolute atomic E-state index is 0.0139. The fourth-order valence-corrected chi connectivity index (χ4v) is 0. The van der Waals surface area contributed by atoms with Gasteiger partial charge in [0.05, 0.1) is 0 Å². The first-order valence-corrected chi connectivity index (χ1v) is 7.04. The molecule has 48 valence electrons. The van der Waals surface area contributed by atoms with Crippen molar-refractivity contribution in [2.75, 3.05) is 13.2 Å². The van der Waals surface area contributed by atoms with Crippen molar-refractivity contribution in [1.29, 1.82) is 0 Å². The van der Waals surface area contributed by atoms with Gasteiger partial charge in [-0.25, -0.2) is 0 Å². The van der Waals surface area contributed by atoms with E-state index in [0.717, 1.165) is 0 Å². The van der Waals surface area contributed by atoms with Crippen molar-refractivity contribution in [3.05, 3.63) is 5.73 Å². The van der Waals surface area contributed by atoms with Crippen LogP contribution in [0.3, 0.4) is 0 Å². The Labute approximate surface area is 59.4 Å². The summed E-state index contributed by atoms with van der Waals surface area (Å²) < 4.78 is 0. The van der Waals surface area contributed by atoms with Crippen LogP contribution in [-0.4, -0.2) is 18.3 Å². The van der Waals surface area contributed by atoms with Crippen molar-refractivity contribution in [3.63, 3.8) is 0 Å².